The van der Waals surface area contributed by atoms with Crippen molar-refractivity contribution in [2.75, 3.05) is 33.4 Å². The van der Waals surface area contributed by atoms with Crippen molar-refractivity contribution in [1.82, 2.24) is 4.90 Å². The van der Waals surface area contributed by atoms with Crippen molar-refractivity contribution in [3.05, 3.63) is 0 Å². The van der Waals surface area contributed by atoms with Crippen LogP contribution in [0.1, 0.15) is 26.2 Å². The lowest BCUT2D eigenvalue weighted by Gasteiger charge is -2.34. The van der Waals surface area contributed by atoms with E-state index in [0.29, 0.717) is 25.8 Å². The van der Waals surface area contributed by atoms with Crippen molar-refractivity contribution in [3.63, 3.8) is 0 Å². The molecule has 88 valence electrons. The number of ether oxygens (including phenoxy) is 2. The summed E-state index contributed by atoms with van der Waals surface area (Å²) in [6.07, 6.45) is 3.51. The van der Waals surface area contributed by atoms with Crippen LogP contribution in [0.4, 0.5) is 0 Å². The molecule has 0 aromatic carbocycles. The Hall–Kier alpha value is -0.610. The molecule has 1 aliphatic heterocycles. The molecular weight excluding hydrogens is 194 g/mol. The van der Waals surface area contributed by atoms with E-state index in [4.69, 9.17) is 9.47 Å². The topological polar surface area (TPSA) is 38.8 Å². The normalized spacial score (nSPS) is 22.7. The lowest BCUT2D eigenvalue weighted by Crippen LogP contribution is -2.45. The van der Waals surface area contributed by atoms with E-state index < -0.39 is 0 Å². The number of nitrogens with zero attached hydrogens (tertiary/aromatic N) is 1. The van der Waals surface area contributed by atoms with Crippen molar-refractivity contribution < 1.29 is 14.3 Å². The second kappa shape index (κ2) is 6.80. The Bertz CT molecular complexity index is 194. The number of hydrogen-bond acceptors (Lipinski definition) is 4. The van der Waals surface area contributed by atoms with Crippen LogP contribution >= 0.6 is 0 Å². The maximum atomic E-state index is 11.4. The molecule has 1 rings (SSSR count). The molecule has 4 nitrogen and oxygen atoms in total. The van der Waals surface area contributed by atoms with Gasteiger partial charge in [0.15, 0.2) is 0 Å². The smallest absolute Gasteiger partial charge is 0.320 e. The first-order valence-corrected chi connectivity index (χ1v) is 5.66. The zero-order valence-corrected chi connectivity index (χ0v) is 9.70. The van der Waals surface area contributed by atoms with E-state index in [9.17, 15) is 4.79 Å². The van der Waals surface area contributed by atoms with Crippen molar-refractivity contribution in [1.29, 1.82) is 0 Å². The van der Waals surface area contributed by atoms with Crippen molar-refractivity contribution in [3.8, 4) is 0 Å². The van der Waals surface area contributed by atoms with Gasteiger partial charge in [0, 0.05) is 13.2 Å². The van der Waals surface area contributed by atoms with Crippen LogP contribution in [0.2, 0.25) is 0 Å². The molecule has 0 saturated carbocycles. The fourth-order valence-corrected chi connectivity index (χ4v) is 2.02. The van der Waals surface area contributed by atoms with E-state index in [1.807, 2.05) is 6.92 Å². The fraction of sp³-hybridized carbons (Fsp3) is 0.909. The minimum Gasteiger partial charge on any atom is -0.465 e. The molecule has 15 heavy (non-hydrogen) atoms. The van der Waals surface area contributed by atoms with Gasteiger partial charge in [0.05, 0.1) is 19.8 Å². The van der Waals surface area contributed by atoms with Crippen LogP contribution in [0.3, 0.4) is 0 Å². The van der Waals surface area contributed by atoms with Crippen LogP contribution in [0.15, 0.2) is 0 Å². The average Bonchev–Trinajstić information content (AvgIpc) is 2.21. The molecule has 1 fully saturated rings. The summed E-state index contributed by atoms with van der Waals surface area (Å²) in [6.45, 7) is 4.39. The molecule has 1 saturated heterocycles. The average molecular weight is 215 g/mol. The number of piperidine rings is 1. The largest absolute Gasteiger partial charge is 0.465 e. The first-order chi connectivity index (χ1) is 7.27. The molecule has 0 unspecified atom stereocenters. The molecule has 1 aliphatic rings. The second-order valence-electron chi connectivity index (χ2n) is 3.88. The monoisotopic (exact) mass is 215 g/mol. The summed E-state index contributed by atoms with van der Waals surface area (Å²) in [4.78, 5) is 13.5. The number of likely N-dealkylation sites (tertiary alicyclic amines) is 1. The summed E-state index contributed by atoms with van der Waals surface area (Å²) in [6, 6.07) is 0.383. The Kier molecular flexibility index (Phi) is 5.65. The SMILES string of the molecule is CCOC(=O)CN1CCCC[C@@H]1COC. The summed E-state index contributed by atoms with van der Waals surface area (Å²) < 4.78 is 10.1. The number of hydrogen-bond donors (Lipinski definition) is 0. The first kappa shape index (κ1) is 12.5. The highest BCUT2D eigenvalue weighted by atomic mass is 16.5. The molecule has 1 atom stereocenters. The Morgan fingerprint density at radius 1 is 1.47 bits per heavy atom. The van der Waals surface area contributed by atoms with Gasteiger partial charge < -0.3 is 9.47 Å². The van der Waals surface area contributed by atoms with Gasteiger partial charge in [0.25, 0.3) is 0 Å². The van der Waals surface area contributed by atoms with Gasteiger partial charge in [0.1, 0.15) is 0 Å². The third-order valence-corrected chi connectivity index (χ3v) is 2.75. The van der Waals surface area contributed by atoms with Gasteiger partial charge in [-0.05, 0) is 26.3 Å². The maximum Gasteiger partial charge on any atom is 0.320 e. The van der Waals surface area contributed by atoms with Crippen LogP contribution in [0.5, 0.6) is 0 Å². The number of esters is 1. The Morgan fingerprint density at radius 2 is 2.27 bits per heavy atom. The van der Waals surface area contributed by atoms with Crippen molar-refractivity contribution in [2.24, 2.45) is 0 Å². The molecule has 0 N–H and O–H groups in total. The van der Waals surface area contributed by atoms with E-state index in [1.54, 1.807) is 7.11 Å². The van der Waals surface area contributed by atoms with Crippen LogP contribution in [-0.2, 0) is 14.3 Å². The van der Waals surface area contributed by atoms with E-state index >= 15 is 0 Å². The van der Waals surface area contributed by atoms with Gasteiger partial charge in [-0.1, -0.05) is 6.42 Å². The Labute approximate surface area is 91.5 Å². The summed E-state index contributed by atoms with van der Waals surface area (Å²) in [7, 11) is 1.71. The van der Waals surface area contributed by atoms with Crippen LogP contribution in [-0.4, -0.2) is 50.3 Å². The molecule has 4 heteroatoms. The summed E-state index contributed by atoms with van der Waals surface area (Å²) in [5, 5.41) is 0. The molecule has 0 aromatic heterocycles. The molecule has 0 amide bonds. The zero-order chi connectivity index (χ0) is 11.1. The van der Waals surface area contributed by atoms with Crippen LogP contribution in [0.25, 0.3) is 0 Å². The van der Waals surface area contributed by atoms with Gasteiger partial charge >= 0.3 is 5.97 Å². The highest BCUT2D eigenvalue weighted by Crippen LogP contribution is 2.16. The molecule has 0 aromatic rings. The first-order valence-electron chi connectivity index (χ1n) is 5.66. The van der Waals surface area contributed by atoms with E-state index in [2.05, 4.69) is 4.90 Å². The van der Waals surface area contributed by atoms with Gasteiger partial charge in [-0.25, -0.2) is 0 Å². The van der Waals surface area contributed by atoms with Gasteiger partial charge in [-0.15, -0.1) is 0 Å². The highest BCUT2D eigenvalue weighted by molar-refractivity contribution is 5.71. The third kappa shape index (κ3) is 4.18. The summed E-state index contributed by atoms with van der Waals surface area (Å²) in [5.74, 6) is -0.125. The second-order valence-corrected chi connectivity index (χ2v) is 3.88. The number of rotatable bonds is 5. The minimum atomic E-state index is -0.125. The molecule has 1 heterocycles. The molecule has 0 bridgehead atoms. The third-order valence-electron chi connectivity index (χ3n) is 2.75. The van der Waals surface area contributed by atoms with Gasteiger partial charge in [-0.2, -0.15) is 0 Å². The lowest BCUT2D eigenvalue weighted by atomic mass is 10.0. The van der Waals surface area contributed by atoms with Crippen LogP contribution in [0, 0.1) is 0 Å². The highest BCUT2D eigenvalue weighted by Gasteiger charge is 2.24. The maximum absolute atomic E-state index is 11.4. The fourth-order valence-electron chi connectivity index (χ4n) is 2.02. The van der Waals surface area contributed by atoms with Gasteiger partial charge in [-0.3, -0.25) is 9.69 Å². The minimum absolute atomic E-state index is 0.125. The molecule has 0 aliphatic carbocycles. The predicted octanol–water partition coefficient (Wildman–Crippen LogP) is 1.05. The van der Waals surface area contributed by atoms with E-state index in [-0.39, 0.29) is 5.97 Å². The molecule has 0 radical (unpaired) electrons. The Morgan fingerprint density at radius 3 is 2.93 bits per heavy atom. The number of carbonyl (C=O) groups is 1. The number of carbonyl (C=O) groups excluding carboxylic acids is 1. The van der Waals surface area contributed by atoms with E-state index in [1.165, 1.54) is 12.8 Å². The summed E-state index contributed by atoms with van der Waals surface area (Å²) >= 11 is 0. The number of methoxy groups -OCH3 is 1. The van der Waals surface area contributed by atoms with Crippen molar-refractivity contribution in [2.45, 2.75) is 32.2 Å². The van der Waals surface area contributed by atoms with Gasteiger partial charge in [0.2, 0.25) is 0 Å². The van der Waals surface area contributed by atoms with Crippen molar-refractivity contribution >= 4 is 5.97 Å². The zero-order valence-electron chi connectivity index (χ0n) is 9.70. The Balaban J connectivity index is 2.38. The summed E-state index contributed by atoms with van der Waals surface area (Å²) in [5.41, 5.74) is 0. The quantitative estimate of drug-likeness (QED) is 0.643. The predicted molar refractivity (Wildman–Crippen MR) is 57.7 cm³/mol. The van der Waals surface area contributed by atoms with Crippen LogP contribution < -0.4 is 0 Å². The lowest BCUT2D eigenvalue weighted by molar-refractivity contribution is -0.145. The molecule has 0 spiro atoms. The standard InChI is InChI=1S/C11H21NO3/c1-3-15-11(13)8-12-7-5-4-6-10(12)9-14-2/h10H,3-9H2,1-2H3/t10-/m1/s1. The van der Waals surface area contributed by atoms with E-state index in [0.717, 1.165) is 13.0 Å². The molecular formula is C11H21NO3.